The molecule has 2 aromatic rings. The number of thioether (sulfide) groups is 1. The van der Waals surface area contributed by atoms with Crippen LogP contribution >= 0.6 is 11.8 Å². The van der Waals surface area contributed by atoms with Crippen molar-refractivity contribution in [3.05, 3.63) is 87.6 Å². The molecule has 1 aliphatic heterocycles. The van der Waals surface area contributed by atoms with Gasteiger partial charge in [-0.25, -0.2) is 0 Å². The zero-order valence-electron chi connectivity index (χ0n) is 21.2. The number of hydrogen-bond acceptors (Lipinski definition) is 5. The highest BCUT2D eigenvalue weighted by Gasteiger charge is 2.34. The van der Waals surface area contributed by atoms with Crippen molar-refractivity contribution in [2.45, 2.75) is 52.4 Å². The van der Waals surface area contributed by atoms with E-state index in [1.54, 1.807) is 0 Å². The molecule has 188 valence electrons. The molecule has 0 saturated carbocycles. The molecule has 0 aromatic heterocycles. The summed E-state index contributed by atoms with van der Waals surface area (Å²) in [5.41, 5.74) is 4.23. The summed E-state index contributed by atoms with van der Waals surface area (Å²) in [6.45, 7) is 6.64. The van der Waals surface area contributed by atoms with Gasteiger partial charge < -0.3 is 16.0 Å². The number of nitrogens with zero attached hydrogens (tertiary/aromatic N) is 1. The Kier molecular flexibility index (Phi) is 10.2. The monoisotopic (exact) mass is 502 g/mol. The lowest BCUT2D eigenvalue weighted by Gasteiger charge is -2.30. The Morgan fingerprint density at radius 2 is 1.75 bits per heavy atom. The smallest absolute Gasteiger partial charge is 0.254 e. The van der Waals surface area contributed by atoms with Crippen LogP contribution in [0.5, 0.6) is 0 Å². The number of hydrogen-bond donors (Lipinski definition) is 3. The molecule has 0 fully saturated rings. The zero-order valence-corrected chi connectivity index (χ0v) is 22.0. The number of rotatable bonds is 11. The van der Waals surface area contributed by atoms with Gasteiger partial charge in [-0.1, -0.05) is 86.0 Å². The van der Waals surface area contributed by atoms with Gasteiger partial charge in [0.15, 0.2) is 0 Å². The van der Waals surface area contributed by atoms with Gasteiger partial charge in [0, 0.05) is 23.5 Å². The number of carbonyl (C=O) groups is 2. The standard InChI is InChI=1S/C29H34N4O2S/c1-4-5-6-10-17-31-25(34)19-36-29-24(18-30)27(22-11-8-7-9-12-22)26(21(3)32-29)28(35)33-23-15-13-20(2)14-16-23/h7-9,11-16,27,32H,4-6,10,17,19H2,1-3H3,(H,31,34)(H,33,35). The van der Waals surface area contributed by atoms with E-state index in [9.17, 15) is 14.9 Å². The van der Waals surface area contributed by atoms with Gasteiger partial charge in [-0.2, -0.15) is 5.26 Å². The van der Waals surface area contributed by atoms with Crippen LogP contribution in [-0.2, 0) is 9.59 Å². The van der Waals surface area contributed by atoms with Crippen molar-refractivity contribution in [2.75, 3.05) is 17.6 Å². The minimum atomic E-state index is -0.539. The Morgan fingerprint density at radius 1 is 1.03 bits per heavy atom. The largest absolute Gasteiger partial charge is 0.355 e. The predicted octanol–water partition coefficient (Wildman–Crippen LogP) is 5.76. The fourth-order valence-electron chi connectivity index (χ4n) is 4.11. The van der Waals surface area contributed by atoms with Crippen LogP contribution in [0.3, 0.4) is 0 Å². The molecule has 1 heterocycles. The second-order valence-electron chi connectivity index (χ2n) is 8.88. The van der Waals surface area contributed by atoms with E-state index in [-0.39, 0.29) is 17.6 Å². The van der Waals surface area contributed by atoms with Crippen LogP contribution in [-0.4, -0.2) is 24.1 Å². The van der Waals surface area contributed by atoms with Gasteiger partial charge in [0.25, 0.3) is 5.91 Å². The summed E-state index contributed by atoms with van der Waals surface area (Å²) in [6.07, 6.45) is 4.39. The molecule has 36 heavy (non-hydrogen) atoms. The minimum Gasteiger partial charge on any atom is -0.355 e. The Bertz CT molecular complexity index is 1160. The lowest BCUT2D eigenvalue weighted by atomic mass is 9.82. The van der Waals surface area contributed by atoms with E-state index >= 15 is 0 Å². The molecule has 0 spiro atoms. The number of nitriles is 1. The number of amides is 2. The first-order valence-electron chi connectivity index (χ1n) is 12.4. The van der Waals surface area contributed by atoms with Gasteiger partial charge >= 0.3 is 0 Å². The van der Waals surface area contributed by atoms with E-state index in [0.717, 1.165) is 30.4 Å². The molecule has 6 nitrogen and oxygen atoms in total. The first-order chi connectivity index (χ1) is 17.4. The molecule has 1 aliphatic rings. The maximum Gasteiger partial charge on any atom is 0.254 e. The molecular weight excluding hydrogens is 468 g/mol. The van der Waals surface area contributed by atoms with Gasteiger partial charge in [-0.15, -0.1) is 0 Å². The van der Waals surface area contributed by atoms with Crippen molar-refractivity contribution in [1.29, 1.82) is 5.26 Å². The number of unbranched alkanes of at least 4 members (excludes halogenated alkanes) is 3. The van der Waals surface area contributed by atoms with E-state index in [0.29, 0.717) is 34.1 Å². The van der Waals surface area contributed by atoms with Crippen molar-refractivity contribution in [1.82, 2.24) is 10.6 Å². The fraction of sp³-hybridized carbons (Fsp3) is 0.345. The van der Waals surface area contributed by atoms with Gasteiger partial charge in [0.2, 0.25) is 5.91 Å². The number of dihydropyridines is 1. The molecule has 0 radical (unpaired) electrons. The van der Waals surface area contributed by atoms with Gasteiger partial charge in [-0.3, -0.25) is 9.59 Å². The Hall–Kier alpha value is -3.50. The van der Waals surface area contributed by atoms with Gasteiger partial charge in [-0.05, 0) is 38.0 Å². The molecule has 1 atom stereocenters. The molecule has 0 aliphatic carbocycles. The first kappa shape index (κ1) is 27.1. The number of benzene rings is 2. The maximum absolute atomic E-state index is 13.5. The van der Waals surface area contributed by atoms with E-state index in [1.807, 2.05) is 68.4 Å². The summed E-state index contributed by atoms with van der Waals surface area (Å²) in [5, 5.41) is 20.0. The molecule has 2 amide bonds. The lowest BCUT2D eigenvalue weighted by Crippen LogP contribution is -2.31. The average molecular weight is 503 g/mol. The quantitative estimate of drug-likeness (QED) is 0.340. The van der Waals surface area contributed by atoms with Crippen molar-refractivity contribution < 1.29 is 9.59 Å². The van der Waals surface area contributed by atoms with E-state index in [1.165, 1.54) is 18.2 Å². The van der Waals surface area contributed by atoms with Crippen molar-refractivity contribution in [3.63, 3.8) is 0 Å². The molecule has 0 bridgehead atoms. The second-order valence-corrected chi connectivity index (χ2v) is 9.87. The van der Waals surface area contributed by atoms with Crippen molar-refractivity contribution in [3.8, 4) is 6.07 Å². The molecular formula is C29H34N4O2S. The number of nitrogens with one attached hydrogen (secondary N) is 3. The van der Waals surface area contributed by atoms with Gasteiger partial charge in [0.1, 0.15) is 0 Å². The van der Waals surface area contributed by atoms with E-state index in [4.69, 9.17) is 0 Å². The van der Waals surface area contributed by atoms with Crippen LogP contribution in [0, 0.1) is 18.3 Å². The molecule has 3 N–H and O–H groups in total. The Balaban J connectivity index is 1.81. The summed E-state index contributed by atoms with van der Waals surface area (Å²) in [7, 11) is 0. The summed E-state index contributed by atoms with van der Waals surface area (Å²) >= 11 is 1.30. The SMILES string of the molecule is CCCCCCNC(=O)CSC1=C(C#N)C(c2ccccc2)C(C(=O)Nc2ccc(C)cc2)=C(C)N1. The molecule has 0 saturated heterocycles. The molecule has 2 aromatic carbocycles. The van der Waals surface area contributed by atoms with E-state index in [2.05, 4.69) is 28.9 Å². The van der Waals surface area contributed by atoms with Crippen molar-refractivity contribution in [2.24, 2.45) is 0 Å². The van der Waals surface area contributed by atoms with Crippen LogP contribution in [0.25, 0.3) is 0 Å². The van der Waals surface area contributed by atoms with Gasteiger partial charge in [0.05, 0.1) is 28.3 Å². The second kappa shape index (κ2) is 13.6. The lowest BCUT2D eigenvalue weighted by molar-refractivity contribution is -0.118. The summed E-state index contributed by atoms with van der Waals surface area (Å²) < 4.78 is 0. The Morgan fingerprint density at radius 3 is 2.42 bits per heavy atom. The highest BCUT2D eigenvalue weighted by molar-refractivity contribution is 8.03. The minimum absolute atomic E-state index is 0.0658. The fourth-order valence-corrected chi connectivity index (χ4v) is 5.03. The van der Waals surface area contributed by atoms with Crippen LogP contribution < -0.4 is 16.0 Å². The third kappa shape index (κ3) is 7.25. The molecule has 1 unspecified atom stereocenters. The van der Waals surface area contributed by atoms with Crippen LogP contribution in [0.15, 0.2) is 76.5 Å². The number of carbonyl (C=O) groups excluding carboxylic acids is 2. The first-order valence-corrected chi connectivity index (χ1v) is 13.4. The average Bonchev–Trinajstić information content (AvgIpc) is 2.88. The number of aryl methyl sites for hydroxylation is 1. The van der Waals surface area contributed by atoms with Crippen molar-refractivity contribution >= 4 is 29.3 Å². The highest BCUT2D eigenvalue weighted by Crippen LogP contribution is 2.40. The third-order valence-electron chi connectivity index (χ3n) is 6.03. The number of anilines is 1. The summed E-state index contributed by atoms with van der Waals surface area (Å²) in [5.74, 6) is -0.674. The summed E-state index contributed by atoms with van der Waals surface area (Å²) in [6, 6.07) is 19.5. The Labute approximate surface area is 218 Å². The normalized spacial score (nSPS) is 15.2. The van der Waals surface area contributed by atoms with Crippen LogP contribution in [0.2, 0.25) is 0 Å². The topological polar surface area (TPSA) is 94.0 Å². The molecule has 7 heteroatoms. The highest BCUT2D eigenvalue weighted by atomic mass is 32.2. The van der Waals surface area contributed by atoms with E-state index < -0.39 is 5.92 Å². The maximum atomic E-state index is 13.5. The van der Waals surface area contributed by atoms with Crippen LogP contribution in [0.4, 0.5) is 5.69 Å². The third-order valence-corrected chi connectivity index (χ3v) is 7.05. The van der Waals surface area contributed by atoms with Crippen LogP contribution in [0.1, 0.15) is 56.6 Å². The summed E-state index contributed by atoms with van der Waals surface area (Å²) in [4.78, 5) is 25.9. The predicted molar refractivity (Wildman–Crippen MR) is 147 cm³/mol. The zero-order chi connectivity index (χ0) is 25.9. The molecule has 3 rings (SSSR count). The number of allylic oxidation sites excluding steroid dienone is 2.